The number of H-pyrrole nitrogens is 1. The van der Waals surface area contributed by atoms with E-state index in [-0.39, 0.29) is 35.7 Å². The third-order valence-electron chi connectivity index (χ3n) is 4.09. The van der Waals surface area contributed by atoms with Gasteiger partial charge in [0.1, 0.15) is 17.1 Å². The second kappa shape index (κ2) is 9.07. The van der Waals surface area contributed by atoms with Gasteiger partial charge in [-0.2, -0.15) is 0 Å². The van der Waals surface area contributed by atoms with Gasteiger partial charge in [-0.1, -0.05) is 0 Å². The van der Waals surface area contributed by atoms with Crippen molar-refractivity contribution in [3.05, 3.63) is 46.3 Å². The van der Waals surface area contributed by atoms with Crippen LogP contribution in [0.1, 0.15) is 49.4 Å². The number of hydrogen-bond acceptors (Lipinski definition) is 7. The maximum atomic E-state index is 12.8. The van der Waals surface area contributed by atoms with E-state index in [0.29, 0.717) is 17.1 Å². The molecule has 1 aromatic heterocycles. The number of carbonyl (C=O) groups is 3. The van der Waals surface area contributed by atoms with E-state index in [0.717, 1.165) is 0 Å². The van der Waals surface area contributed by atoms with Gasteiger partial charge in [-0.05, 0) is 32.9 Å². The van der Waals surface area contributed by atoms with E-state index in [1.807, 2.05) is 0 Å². The summed E-state index contributed by atoms with van der Waals surface area (Å²) in [5, 5.41) is 0. The number of nitrogens with one attached hydrogen (secondary N) is 1. The molecule has 0 radical (unpaired) electrons. The van der Waals surface area contributed by atoms with Crippen LogP contribution in [0.25, 0.3) is 0 Å². The Morgan fingerprint density at radius 2 is 1.68 bits per heavy atom. The molecule has 0 aliphatic carbocycles. The Kier molecular flexibility index (Phi) is 6.81. The minimum Gasteiger partial charge on any atom is -0.497 e. The third kappa shape index (κ3) is 4.33. The molecule has 0 fully saturated rings. The number of rotatable bonds is 8. The van der Waals surface area contributed by atoms with Gasteiger partial charge in [0.15, 0.2) is 6.61 Å². The zero-order valence-corrected chi connectivity index (χ0v) is 16.5. The van der Waals surface area contributed by atoms with Crippen molar-refractivity contribution >= 4 is 17.7 Å². The van der Waals surface area contributed by atoms with Crippen molar-refractivity contribution in [2.75, 3.05) is 27.4 Å². The Balaban J connectivity index is 2.31. The Labute approximate surface area is 162 Å². The number of Topliss-reactive ketones (excluding diaryl/α,β-unsaturated/α-hetero) is 1. The summed E-state index contributed by atoms with van der Waals surface area (Å²) in [6.45, 7) is 4.87. The Morgan fingerprint density at radius 3 is 2.29 bits per heavy atom. The summed E-state index contributed by atoms with van der Waals surface area (Å²) in [4.78, 5) is 39.9. The second-order valence-corrected chi connectivity index (χ2v) is 5.91. The first-order chi connectivity index (χ1) is 13.3. The van der Waals surface area contributed by atoms with E-state index < -0.39 is 17.7 Å². The number of ketones is 1. The number of carbonyl (C=O) groups excluding carboxylic acids is 3. The van der Waals surface area contributed by atoms with Gasteiger partial charge in [0.2, 0.25) is 5.78 Å². The van der Waals surface area contributed by atoms with Gasteiger partial charge in [-0.15, -0.1) is 0 Å². The molecule has 0 spiro atoms. The zero-order valence-electron chi connectivity index (χ0n) is 16.5. The lowest BCUT2D eigenvalue weighted by molar-refractivity contribution is 0.0521. The molecule has 1 aromatic carbocycles. The van der Waals surface area contributed by atoms with Gasteiger partial charge < -0.3 is 23.9 Å². The quantitative estimate of drug-likeness (QED) is 0.547. The minimum absolute atomic E-state index is 0.141. The molecule has 0 atom stereocenters. The monoisotopic (exact) mass is 389 g/mol. The average molecular weight is 389 g/mol. The van der Waals surface area contributed by atoms with Crippen LogP contribution in [-0.4, -0.2) is 50.1 Å². The lowest BCUT2D eigenvalue weighted by Crippen LogP contribution is -2.18. The highest BCUT2D eigenvalue weighted by Gasteiger charge is 2.26. The van der Waals surface area contributed by atoms with E-state index in [4.69, 9.17) is 18.9 Å². The van der Waals surface area contributed by atoms with Crippen LogP contribution in [0.3, 0.4) is 0 Å². The highest BCUT2D eigenvalue weighted by atomic mass is 16.5. The van der Waals surface area contributed by atoms with Crippen LogP contribution < -0.4 is 9.47 Å². The number of methoxy groups -OCH3 is 2. The molecule has 8 heteroatoms. The Bertz CT molecular complexity index is 898. The summed E-state index contributed by atoms with van der Waals surface area (Å²) in [5.74, 6) is -1.02. The molecule has 2 rings (SSSR count). The molecule has 0 saturated carbocycles. The molecular formula is C20H23NO7. The van der Waals surface area contributed by atoms with Crippen LogP contribution in [0.15, 0.2) is 18.2 Å². The predicted octanol–water partition coefficient (Wildman–Crippen LogP) is 2.87. The number of ether oxygens (including phenoxy) is 4. The van der Waals surface area contributed by atoms with E-state index >= 15 is 0 Å². The molecule has 0 unspecified atom stereocenters. The fourth-order valence-corrected chi connectivity index (χ4v) is 2.83. The molecule has 1 N–H and O–H groups in total. The van der Waals surface area contributed by atoms with Crippen molar-refractivity contribution in [2.45, 2.75) is 20.8 Å². The lowest BCUT2D eigenvalue weighted by Gasteiger charge is -2.12. The van der Waals surface area contributed by atoms with E-state index in [1.54, 1.807) is 26.8 Å². The third-order valence-corrected chi connectivity index (χ3v) is 4.09. The minimum atomic E-state index is -0.606. The molecule has 0 bridgehead atoms. The topological polar surface area (TPSA) is 104 Å². The van der Waals surface area contributed by atoms with Crippen molar-refractivity contribution < 1.29 is 33.3 Å². The largest absolute Gasteiger partial charge is 0.497 e. The van der Waals surface area contributed by atoms with E-state index in [1.165, 1.54) is 26.4 Å². The standard InChI is InChI=1S/C20H23NO7/c1-6-27-20(24)18-12(3)21-11(2)17(18)15(22)10-28-16-9-13(25-4)7-8-14(16)19(23)26-5/h7-9,21H,6,10H2,1-5H3. The van der Waals surface area contributed by atoms with Crippen LogP contribution in [0.5, 0.6) is 11.5 Å². The highest BCUT2D eigenvalue weighted by molar-refractivity contribution is 6.08. The number of esters is 2. The zero-order chi connectivity index (χ0) is 20.8. The summed E-state index contributed by atoms with van der Waals surface area (Å²) in [7, 11) is 2.72. The predicted molar refractivity (Wildman–Crippen MR) is 100 cm³/mol. The molecule has 0 saturated heterocycles. The fourth-order valence-electron chi connectivity index (χ4n) is 2.83. The molecule has 0 aliphatic heterocycles. The number of benzene rings is 1. The number of hydrogen-bond donors (Lipinski definition) is 1. The average Bonchev–Trinajstić information content (AvgIpc) is 2.99. The first-order valence-corrected chi connectivity index (χ1v) is 8.62. The smallest absolute Gasteiger partial charge is 0.341 e. The van der Waals surface area contributed by atoms with Gasteiger partial charge >= 0.3 is 11.9 Å². The molecule has 0 amide bonds. The van der Waals surface area contributed by atoms with Crippen LogP contribution in [0.4, 0.5) is 0 Å². The van der Waals surface area contributed by atoms with Crippen LogP contribution in [0.2, 0.25) is 0 Å². The summed E-state index contributed by atoms with van der Waals surface area (Å²) >= 11 is 0. The van der Waals surface area contributed by atoms with Gasteiger partial charge in [0, 0.05) is 17.5 Å². The fraction of sp³-hybridized carbons (Fsp3) is 0.350. The molecular weight excluding hydrogens is 366 g/mol. The summed E-state index contributed by atoms with van der Waals surface area (Å²) in [6, 6.07) is 4.56. The SMILES string of the molecule is CCOC(=O)c1c(C)[nH]c(C)c1C(=O)COc1cc(OC)ccc1C(=O)OC. The molecule has 0 aliphatic rings. The maximum Gasteiger partial charge on any atom is 0.341 e. The molecule has 2 aromatic rings. The molecule has 8 nitrogen and oxygen atoms in total. The normalized spacial score (nSPS) is 10.3. The number of aromatic amines is 1. The van der Waals surface area contributed by atoms with Gasteiger partial charge in [0.25, 0.3) is 0 Å². The van der Waals surface area contributed by atoms with E-state index in [9.17, 15) is 14.4 Å². The lowest BCUT2D eigenvalue weighted by atomic mass is 10.1. The summed E-state index contributed by atoms with van der Waals surface area (Å²) < 4.78 is 20.5. The van der Waals surface area contributed by atoms with Crippen LogP contribution in [-0.2, 0) is 9.47 Å². The number of aryl methyl sites for hydroxylation is 2. The Morgan fingerprint density at radius 1 is 1.00 bits per heavy atom. The van der Waals surface area contributed by atoms with Crippen molar-refractivity contribution in [3.63, 3.8) is 0 Å². The molecule has 28 heavy (non-hydrogen) atoms. The molecule has 150 valence electrons. The maximum absolute atomic E-state index is 12.8. The van der Waals surface area contributed by atoms with Gasteiger partial charge in [0.05, 0.1) is 32.0 Å². The van der Waals surface area contributed by atoms with Crippen molar-refractivity contribution in [1.29, 1.82) is 0 Å². The van der Waals surface area contributed by atoms with Crippen molar-refractivity contribution in [2.24, 2.45) is 0 Å². The number of aromatic nitrogens is 1. The Hall–Kier alpha value is -3.29. The van der Waals surface area contributed by atoms with Crippen LogP contribution >= 0.6 is 0 Å². The highest BCUT2D eigenvalue weighted by Crippen LogP contribution is 2.26. The van der Waals surface area contributed by atoms with Gasteiger partial charge in [-0.25, -0.2) is 9.59 Å². The van der Waals surface area contributed by atoms with Crippen molar-refractivity contribution in [3.8, 4) is 11.5 Å². The van der Waals surface area contributed by atoms with E-state index in [2.05, 4.69) is 4.98 Å². The first kappa shape index (κ1) is 21.0. The van der Waals surface area contributed by atoms with Crippen molar-refractivity contribution in [1.82, 2.24) is 4.98 Å². The van der Waals surface area contributed by atoms with Gasteiger partial charge in [-0.3, -0.25) is 4.79 Å². The summed E-state index contributed by atoms with van der Waals surface area (Å²) in [5.41, 5.74) is 1.62. The summed E-state index contributed by atoms with van der Waals surface area (Å²) in [6.07, 6.45) is 0. The first-order valence-electron chi connectivity index (χ1n) is 8.62. The second-order valence-electron chi connectivity index (χ2n) is 5.91. The van der Waals surface area contributed by atoms with Crippen LogP contribution in [0, 0.1) is 13.8 Å². The molecule has 1 heterocycles.